The van der Waals surface area contributed by atoms with Gasteiger partial charge in [0.1, 0.15) is 10.1 Å². The average molecular weight is 319 g/mol. The lowest BCUT2D eigenvalue weighted by Gasteiger charge is -2.29. The van der Waals surface area contributed by atoms with E-state index in [1.807, 2.05) is 12.1 Å². The molecule has 5 heteroatoms. The Morgan fingerprint density at radius 3 is 2.76 bits per heavy atom. The van der Waals surface area contributed by atoms with Gasteiger partial charge in [0.05, 0.1) is 4.91 Å². The number of nitrogens with zero attached hydrogens (tertiary/aromatic N) is 1. The first-order valence-corrected chi connectivity index (χ1v) is 8.44. The average Bonchev–Trinajstić information content (AvgIpc) is 2.74. The van der Waals surface area contributed by atoms with Gasteiger partial charge in [0.25, 0.3) is 5.91 Å². The van der Waals surface area contributed by atoms with Crippen LogP contribution in [0.1, 0.15) is 37.7 Å². The Bertz CT molecular complexity index is 606. The highest BCUT2D eigenvalue weighted by Gasteiger charge is 2.37. The van der Waals surface area contributed by atoms with Crippen molar-refractivity contribution in [1.82, 2.24) is 4.90 Å². The van der Waals surface area contributed by atoms with Crippen LogP contribution in [0.15, 0.2) is 29.2 Å². The van der Waals surface area contributed by atoms with E-state index in [9.17, 15) is 9.90 Å². The van der Waals surface area contributed by atoms with E-state index >= 15 is 0 Å². The number of hydrogen-bond donors (Lipinski definition) is 1. The molecule has 1 aliphatic heterocycles. The molecule has 110 valence electrons. The van der Waals surface area contributed by atoms with Crippen molar-refractivity contribution >= 4 is 40.3 Å². The Morgan fingerprint density at radius 2 is 2.05 bits per heavy atom. The number of thioether (sulfide) groups is 1. The van der Waals surface area contributed by atoms with Gasteiger partial charge in [-0.1, -0.05) is 55.4 Å². The van der Waals surface area contributed by atoms with E-state index in [0.29, 0.717) is 9.23 Å². The van der Waals surface area contributed by atoms with Crippen molar-refractivity contribution < 1.29 is 9.90 Å². The van der Waals surface area contributed by atoms with E-state index in [0.717, 1.165) is 18.4 Å². The SMILES string of the molecule is O=C1/C(=C/c2cccc(O)c2)SC(=S)N1C1CCCCC1. The largest absolute Gasteiger partial charge is 0.508 e. The number of phenolic OH excluding ortho intramolecular Hbond substituents is 1. The molecule has 1 heterocycles. The van der Waals surface area contributed by atoms with Gasteiger partial charge in [-0.3, -0.25) is 9.69 Å². The molecule has 2 fully saturated rings. The molecule has 1 aromatic rings. The number of carbonyl (C=O) groups excluding carboxylic acids is 1. The lowest BCUT2D eigenvalue weighted by atomic mass is 9.94. The monoisotopic (exact) mass is 319 g/mol. The summed E-state index contributed by atoms with van der Waals surface area (Å²) in [5.41, 5.74) is 0.819. The quantitative estimate of drug-likeness (QED) is 0.662. The van der Waals surface area contributed by atoms with Gasteiger partial charge in [-0.25, -0.2) is 0 Å². The summed E-state index contributed by atoms with van der Waals surface area (Å²) >= 11 is 6.76. The van der Waals surface area contributed by atoms with E-state index in [2.05, 4.69) is 0 Å². The standard InChI is InChI=1S/C16H17NO2S2/c18-13-8-4-5-11(9-13)10-14-15(19)17(16(20)21-14)12-6-2-1-3-7-12/h4-5,8-10,12,18H,1-3,6-7H2/b14-10-. The van der Waals surface area contributed by atoms with E-state index in [1.165, 1.54) is 31.0 Å². The van der Waals surface area contributed by atoms with Crippen molar-refractivity contribution in [2.75, 3.05) is 0 Å². The molecular weight excluding hydrogens is 302 g/mol. The molecule has 0 aromatic heterocycles. The van der Waals surface area contributed by atoms with Crippen LogP contribution in [0.2, 0.25) is 0 Å². The second kappa shape index (κ2) is 6.20. The van der Waals surface area contributed by atoms with E-state index in [-0.39, 0.29) is 17.7 Å². The van der Waals surface area contributed by atoms with Crippen LogP contribution in [0.4, 0.5) is 0 Å². The molecule has 3 nitrogen and oxygen atoms in total. The highest BCUT2D eigenvalue weighted by Crippen LogP contribution is 2.37. The molecule has 1 N–H and O–H groups in total. The molecule has 1 amide bonds. The third-order valence-electron chi connectivity index (χ3n) is 3.93. The number of thiocarbonyl (C=S) groups is 1. The number of carbonyl (C=O) groups is 1. The number of amides is 1. The third-order valence-corrected chi connectivity index (χ3v) is 5.26. The van der Waals surface area contributed by atoms with Crippen molar-refractivity contribution in [2.45, 2.75) is 38.1 Å². The minimum Gasteiger partial charge on any atom is -0.508 e. The van der Waals surface area contributed by atoms with E-state index in [4.69, 9.17) is 12.2 Å². The highest BCUT2D eigenvalue weighted by molar-refractivity contribution is 8.26. The smallest absolute Gasteiger partial charge is 0.266 e. The summed E-state index contributed by atoms with van der Waals surface area (Å²) in [4.78, 5) is 15.0. The molecule has 0 atom stereocenters. The molecule has 0 spiro atoms. The Morgan fingerprint density at radius 1 is 1.29 bits per heavy atom. The molecule has 1 saturated heterocycles. The minimum atomic E-state index is 0.0141. The van der Waals surface area contributed by atoms with Crippen LogP contribution in [-0.2, 0) is 4.79 Å². The summed E-state index contributed by atoms with van der Waals surface area (Å²) in [5.74, 6) is 0.215. The third kappa shape index (κ3) is 3.14. The summed E-state index contributed by atoms with van der Waals surface area (Å²) in [7, 11) is 0. The van der Waals surface area contributed by atoms with Crippen LogP contribution in [0.25, 0.3) is 6.08 Å². The Labute approximate surface area is 134 Å². The van der Waals surface area contributed by atoms with E-state index < -0.39 is 0 Å². The number of aromatic hydroxyl groups is 1. The van der Waals surface area contributed by atoms with Gasteiger partial charge in [0.15, 0.2) is 0 Å². The highest BCUT2D eigenvalue weighted by atomic mass is 32.2. The van der Waals surface area contributed by atoms with Crippen LogP contribution in [0.3, 0.4) is 0 Å². The first kappa shape index (κ1) is 14.6. The fourth-order valence-electron chi connectivity index (χ4n) is 2.90. The Balaban J connectivity index is 1.82. The van der Waals surface area contributed by atoms with Crippen molar-refractivity contribution in [3.8, 4) is 5.75 Å². The van der Waals surface area contributed by atoms with Crippen molar-refractivity contribution in [3.05, 3.63) is 34.7 Å². The first-order chi connectivity index (χ1) is 10.1. The number of benzene rings is 1. The zero-order chi connectivity index (χ0) is 14.8. The van der Waals surface area contributed by atoms with Gasteiger partial charge in [0, 0.05) is 6.04 Å². The van der Waals surface area contributed by atoms with Gasteiger partial charge in [0.2, 0.25) is 0 Å². The molecule has 21 heavy (non-hydrogen) atoms. The van der Waals surface area contributed by atoms with Gasteiger partial charge >= 0.3 is 0 Å². The molecule has 0 bridgehead atoms. The molecule has 0 unspecified atom stereocenters. The van der Waals surface area contributed by atoms with E-state index in [1.54, 1.807) is 23.1 Å². The molecule has 3 rings (SSSR count). The van der Waals surface area contributed by atoms with Gasteiger partial charge < -0.3 is 5.11 Å². The van der Waals surface area contributed by atoms with Crippen molar-refractivity contribution in [2.24, 2.45) is 0 Å². The Hall–Kier alpha value is -1.33. The molecule has 2 aliphatic rings. The second-order valence-electron chi connectivity index (χ2n) is 5.44. The van der Waals surface area contributed by atoms with Gasteiger partial charge in [-0.2, -0.15) is 0 Å². The van der Waals surface area contributed by atoms with Crippen molar-refractivity contribution in [3.63, 3.8) is 0 Å². The number of rotatable bonds is 2. The predicted molar refractivity (Wildman–Crippen MR) is 90.0 cm³/mol. The lowest BCUT2D eigenvalue weighted by Crippen LogP contribution is -2.39. The molecule has 1 aromatic carbocycles. The zero-order valence-electron chi connectivity index (χ0n) is 11.6. The van der Waals surface area contributed by atoms with Crippen LogP contribution in [0.5, 0.6) is 5.75 Å². The Kier molecular flexibility index (Phi) is 4.31. The lowest BCUT2D eigenvalue weighted by molar-refractivity contribution is -0.124. The van der Waals surface area contributed by atoms with Crippen LogP contribution in [0, 0.1) is 0 Å². The predicted octanol–water partition coefficient (Wildman–Crippen LogP) is 3.93. The fourth-order valence-corrected chi connectivity index (χ4v) is 4.30. The van der Waals surface area contributed by atoms with Crippen LogP contribution < -0.4 is 0 Å². The summed E-state index contributed by atoms with van der Waals surface area (Å²) in [6, 6.07) is 7.16. The fraction of sp³-hybridized carbons (Fsp3) is 0.375. The molecule has 0 radical (unpaired) electrons. The maximum atomic E-state index is 12.6. The maximum Gasteiger partial charge on any atom is 0.266 e. The van der Waals surface area contributed by atoms with Gasteiger partial charge in [-0.05, 0) is 36.6 Å². The molecule has 1 saturated carbocycles. The molecule has 1 aliphatic carbocycles. The van der Waals surface area contributed by atoms with Crippen LogP contribution >= 0.6 is 24.0 Å². The number of phenols is 1. The summed E-state index contributed by atoms with van der Waals surface area (Å²) in [6.07, 6.45) is 7.50. The summed E-state index contributed by atoms with van der Waals surface area (Å²) in [5, 5.41) is 9.50. The van der Waals surface area contributed by atoms with Crippen LogP contribution in [-0.4, -0.2) is 26.3 Å². The number of hydrogen-bond acceptors (Lipinski definition) is 4. The first-order valence-electron chi connectivity index (χ1n) is 7.21. The summed E-state index contributed by atoms with van der Waals surface area (Å²) < 4.78 is 0.665. The zero-order valence-corrected chi connectivity index (χ0v) is 13.3. The minimum absolute atomic E-state index is 0.0141. The topological polar surface area (TPSA) is 40.5 Å². The second-order valence-corrected chi connectivity index (χ2v) is 7.11. The normalized spacial score (nSPS) is 22.3. The van der Waals surface area contributed by atoms with Crippen molar-refractivity contribution in [1.29, 1.82) is 0 Å². The summed E-state index contributed by atoms with van der Waals surface area (Å²) in [6.45, 7) is 0. The molecular formula is C16H17NO2S2. The van der Waals surface area contributed by atoms with Gasteiger partial charge in [-0.15, -0.1) is 0 Å². The maximum absolute atomic E-state index is 12.6.